The minimum absolute atomic E-state index is 0.0266. The maximum atomic E-state index is 8.78. The first-order valence-corrected chi connectivity index (χ1v) is 6.15. The van der Waals surface area contributed by atoms with Gasteiger partial charge in [-0.3, -0.25) is 0 Å². The molecule has 1 rings (SSSR count). The molecule has 1 heterocycles. The molecule has 1 aromatic rings. The molecule has 6 nitrogen and oxygen atoms in total. The van der Waals surface area contributed by atoms with Crippen LogP contribution in [-0.4, -0.2) is 27.4 Å². The van der Waals surface area contributed by atoms with Gasteiger partial charge in [-0.25, -0.2) is 4.68 Å². The van der Waals surface area contributed by atoms with Crippen LogP contribution in [0.3, 0.4) is 0 Å². The fourth-order valence-corrected chi connectivity index (χ4v) is 1.94. The monoisotopic (exact) mass is 254 g/mol. The highest BCUT2D eigenvalue weighted by atomic mass is 16.5. The van der Waals surface area contributed by atoms with Gasteiger partial charge in [-0.05, 0) is 19.3 Å². The van der Waals surface area contributed by atoms with Crippen molar-refractivity contribution in [3.05, 3.63) is 11.3 Å². The van der Waals surface area contributed by atoms with E-state index in [9.17, 15) is 0 Å². The van der Waals surface area contributed by atoms with E-state index in [1.54, 1.807) is 18.7 Å². The summed E-state index contributed by atoms with van der Waals surface area (Å²) in [5.41, 5.74) is 6.89. The molecule has 0 spiro atoms. The Labute approximate surface area is 107 Å². The van der Waals surface area contributed by atoms with E-state index in [0.29, 0.717) is 29.7 Å². The molecule has 0 aliphatic carbocycles. The molecule has 0 amide bonds. The summed E-state index contributed by atoms with van der Waals surface area (Å²) in [4.78, 5) is 0. The number of aryl methyl sites for hydroxylation is 2. The van der Waals surface area contributed by atoms with Crippen molar-refractivity contribution in [3.8, 4) is 5.88 Å². The summed E-state index contributed by atoms with van der Waals surface area (Å²) in [6.45, 7) is 6.68. The van der Waals surface area contributed by atoms with E-state index in [1.807, 2.05) is 0 Å². The Morgan fingerprint density at radius 2 is 2.28 bits per heavy atom. The molecule has 1 atom stereocenters. The summed E-state index contributed by atoms with van der Waals surface area (Å²) in [5, 5.41) is 16.0. The van der Waals surface area contributed by atoms with E-state index >= 15 is 0 Å². The van der Waals surface area contributed by atoms with Crippen molar-refractivity contribution < 1.29 is 9.94 Å². The highest BCUT2D eigenvalue weighted by Gasteiger charge is 2.19. The number of hydrogen-bond donors (Lipinski definition) is 2. The molecular formula is C12H22N4O2. The summed E-state index contributed by atoms with van der Waals surface area (Å²) < 4.78 is 7.37. The average Bonchev–Trinajstić information content (AvgIpc) is 2.60. The number of hydrogen-bond acceptors (Lipinski definition) is 4. The van der Waals surface area contributed by atoms with Crippen molar-refractivity contribution in [2.24, 2.45) is 23.9 Å². The highest BCUT2D eigenvalue weighted by molar-refractivity contribution is 6.00. The van der Waals surface area contributed by atoms with Crippen molar-refractivity contribution in [2.75, 3.05) is 6.61 Å². The molecule has 0 saturated heterocycles. The third-order valence-electron chi connectivity index (χ3n) is 2.82. The Morgan fingerprint density at radius 3 is 2.83 bits per heavy atom. The van der Waals surface area contributed by atoms with Gasteiger partial charge in [-0.1, -0.05) is 25.4 Å². The van der Waals surface area contributed by atoms with E-state index < -0.39 is 0 Å². The van der Waals surface area contributed by atoms with Crippen molar-refractivity contribution >= 4 is 5.84 Å². The van der Waals surface area contributed by atoms with Crippen LogP contribution in [0, 0.1) is 12.8 Å². The maximum Gasteiger partial charge on any atom is 0.223 e. The highest BCUT2D eigenvalue weighted by Crippen LogP contribution is 2.22. The molecule has 1 aromatic heterocycles. The van der Waals surface area contributed by atoms with Gasteiger partial charge in [0.05, 0.1) is 12.3 Å². The minimum Gasteiger partial charge on any atom is -0.477 e. The number of rotatable bonds is 6. The number of ether oxygens (including phenoxy) is 1. The molecule has 0 bridgehead atoms. The minimum atomic E-state index is 0.0266. The number of oxime groups is 1. The fourth-order valence-electron chi connectivity index (χ4n) is 1.94. The van der Waals surface area contributed by atoms with Crippen molar-refractivity contribution in [3.63, 3.8) is 0 Å². The van der Waals surface area contributed by atoms with E-state index in [2.05, 4.69) is 24.1 Å². The van der Waals surface area contributed by atoms with Gasteiger partial charge in [0.25, 0.3) is 0 Å². The summed E-state index contributed by atoms with van der Waals surface area (Å²) in [5.74, 6) is 1.04. The normalized spacial score (nSPS) is 13.7. The van der Waals surface area contributed by atoms with Gasteiger partial charge in [0, 0.05) is 7.05 Å². The summed E-state index contributed by atoms with van der Waals surface area (Å²) in [7, 11) is 1.78. The predicted octanol–water partition coefficient (Wildman–Crippen LogP) is 1.64. The molecule has 0 saturated carbocycles. The summed E-state index contributed by atoms with van der Waals surface area (Å²) in [6.07, 6.45) is 2.23. The van der Waals surface area contributed by atoms with Crippen LogP contribution in [0.4, 0.5) is 0 Å². The fraction of sp³-hybridized carbons (Fsp3) is 0.667. The van der Waals surface area contributed by atoms with E-state index in [1.165, 1.54) is 0 Å². The lowest BCUT2D eigenvalue weighted by atomic mass is 10.1. The smallest absolute Gasteiger partial charge is 0.223 e. The molecule has 0 aliphatic rings. The number of aromatic nitrogens is 2. The van der Waals surface area contributed by atoms with Gasteiger partial charge in [-0.15, -0.1) is 0 Å². The standard InChI is InChI=1S/C12H22N4O2/c1-5-6-8(2)7-18-12-10(11(13)15-17)9(3)14-16(12)4/h8,17H,5-7H2,1-4H3,(H2,13,15). The van der Waals surface area contributed by atoms with Crippen LogP contribution >= 0.6 is 0 Å². The molecule has 3 N–H and O–H groups in total. The van der Waals surface area contributed by atoms with Crippen LogP contribution in [0.1, 0.15) is 37.9 Å². The van der Waals surface area contributed by atoms with Crippen molar-refractivity contribution in [1.29, 1.82) is 0 Å². The SMILES string of the molecule is CCCC(C)COc1c(C(N)=NO)c(C)nn1C. The molecule has 1 unspecified atom stereocenters. The molecule has 0 radical (unpaired) electrons. The third-order valence-corrected chi connectivity index (χ3v) is 2.82. The Morgan fingerprint density at radius 1 is 1.61 bits per heavy atom. The maximum absolute atomic E-state index is 8.78. The van der Waals surface area contributed by atoms with Crippen LogP contribution in [0.5, 0.6) is 5.88 Å². The van der Waals surface area contributed by atoms with Gasteiger partial charge in [0.1, 0.15) is 5.56 Å². The first-order valence-electron chi connectivity index (χ1n) is 6.15. The number of nitrogens with zero attached hydrogens (tertiary/aromatic N) is 3. The Kier molecular flexibility index (Phi) is 5.00. The van der Waals surface area contributed by atoms with Crippen LogP contribution in [0.25, 0.3) is 0 Å². The number of nitrogens with two attached hydrogens (primary N) is 1. The lowest BCUT2D eigenvalue weighted by molar-refractivity contribution is 0.232. The Bertz CT molecular complexity index is 426. The second kappa shape index (κ2) is 6.28. The molecule has 0 fully saturated rings. The molecule has 102 valence electrons. The average molecular weight is 254 g/mol. The molecule has 0 aromatic carbocycles. The van der Waals surface area contributed by atoms with Gasteiger partial charge < -0.3 is 15.7 Å². The first kappa shape index (κ1) is 14.3. The zero-order valence-electron chi connectivity index (χ0n) is 11.5. The largest absolute Gasteiger partial charge is 0.477 e. The topological polar surface area (TPSA) is 85.7 Å². The van der Waals surface area contributed by atoms with Crippen molar-refractivity contribution in [2.45, 2.75) is 33.6 Å². The van der Waals surface area contributed by atoms with Crippen molar-refractivity contribution in [1.82, 2.24) is 9.78 Å². The van der Waals surface area contributed by atoms with E-state index in [0.717, 1.165) is 12.8 Å². The zero-order chi connectivity index (χ0) is 13.7. The van der Waals surface area contributed by atoms with Gasteiger partial charge in [-0.2, -0.15) is 5.10 Å². The Hall–Kier alpha value is -1.72. The second-order valence-corrected chi connectivity index (χ2v) is 4.58. The third kappa shape index (κ3) is 3.15. The predicted molar refractivity (Wildman–Crippen MR) is 70.0 cm³/mol. The molecular weight excluding hydrogens is 232 g/mol. The lowest BCUT2D eigenvalue weighted by Crippen LogP contribution is -2.17. The van der Waals surface area contributed by atoms with Crippen LogP contribution in [-0.2, 0) is 7.05 Å². The van der Waals surface area contributed by atoms with Gasteiger partial charge in [0.15, 0.2) is 5.84 Å². The van der Waals surface area contributed by atoms with E-state index in [4.69, 9.17) is 15.7 Å². The summed E-state index contributed by atoms with van der Waals surface area (Å²) >= 11 is 0. The molecule has 0 aliphatic heterocycles. The Balaban J connectivity index is 2.88. The zero-order valence-corrected chi connectivity index (χ0v) is 11.5. The lowest BCUT2D eigenvalue weighted by Gasteiger charge is -2.13. The molecule has 18 heavy (non-hydrogen) atoms. The first-order chi connectivity index (χ1) is 8.51. The number of amidine groups is 1. The summed E-state index contributed by atoms with van der Waals surface area (Å²) in [6, 6.07) is 0. The van der Waals surface area contributed by atoms with Crippen LogP contribution in [0.2, 0.25) is 0 Å². The van der Waals surface area contributed by atoms with Crippen LogP contribution < -0.4 is 10.5 Å². The second-order valence-electron chi connectivity index (χ2n) is 4.58. The van der Waals surface area contributed by atoms with Gasteiger partial charge >= 0.3 is 0 Å². The quantitative estimate of drug-likeness (QED) is 0.350. The molecule has 6 heteroatoms. The van der Waals surface area contributed by atoms with Crippen LogP contribution in [0.15, 0.2) is 5.16 Å². The van der Waals surface area contributed by atoms with Gasteiger partial charge in [0.2, 0.25) is 5.88 Å². The van der Waals surface area contributed by atoms with E-state index in [-0.39, 0.29) is 5.84 Å².